The average molecular weight is 295 g/mol. The first-order valence-corrected chi connectivity index (χ1v) is 6.32. The predicted molar refractivity (Wildman–Crippen MR) is 70.6 cm³/mol. The number of hydrogen-bond acceptors (Lipinski definition) is 3. The Kier molecular flexibility index (Phi) is 4.28. The molecule has 0 aliphatic rings. The van der Waals surface area contributed by atoms with E-state index in [2.05, 4.69) is 31.2 Å². The first-order valence-electron chi connectivity index (χ1n) is 5.53. The van der Waals surface area contributed by atoms with Crippen molar-refractivity contribution in [3.8, 4) is 0 Å². The van der Waals surface area contributed by atoms with Gasteiger partial charge in [0.05, 0.1) is 5.69 Å². The molecule has 0 amide bonds. The van der Waals surface area contributed by atoms with Gasteiger partial charge in [0.1, 0.15) is 5.82 Å². The second-order valence-electron chi connectivity index (χ2n) is 3.85. The van der Waals surface area contributed by atoms with Gasteiger partial charge in [0.15, 0.2) is 0 Å². The number of aromatic nitrogens is 3. The molecule has 0 bridgehead atoms. The maximum absolute atomic E-state index is 4.30. The predicted octanol–water partition coefficient (Wildman–Crippen LogP) is 1.91. The molecular weight excluding hydrogens is 280 g/mol. The van der Waals surface area contributed by atoms with Crippen LogP contribution in [0.15, 0.2) is 35.2 Å². The highest BCUT2D eigenvalue weighted by molar-refractivity contribution is 9.10. The molecule has 2 aromatic rings. The number of imidazole rings is 1. The first kappa shape index (κ1) is 12.3. The summed E-state index contributed by atoms with van der Waals surface area (Å²) in [6, 6.07) is 4.01. The summed E-state index contributed by atoms with van der Waals surface area (Å²) < 4.78 is 3.05. The Labute approximate surface area is 109 Å². The van der Waals surface area contributed by atoms with Crippen molar-refractivity contribution in [2.75, 3.05) is 6.54 Å². The lowest BCUT2D eigenvalue weighted by Crippen LogP contribution is -2.18. The van der Waals surface area contributed by atoms with Crippen molar-refractivity contribution in [3.05, 3.63) is 46.7 Å². The van der Waals surface area contributed by atoms with Crippen LogP contribution in [-0.2, 0) is 20.0 Å². The molecule has 0 spiro atoms. The number of rotatable bonds is 5. The molecular formula is C12H15BrN4. The standard InChI is InChI=1S/C12H15BrN4/c1-17-7-6-15-12(17)4-5-14-9-11-3-2-10(13)8-16-11/h2-3,6-8,14H,4-5,9H2,1H3. The number of pyridine rings is 1. The second-order valence-corrected chi connectivity index (χ2v) is 4.76. The Morgan fingerprint density at radius 3 is 2.88 bits per heavy atom. The lowest BCUT2D eigenvalue weighted by Gasteiger charge is -2.04. The van der Waals surface area contributed by atoms with Gasteiger partial charge in [0.2, 0.25) is 0 Å². The van der Waals surface area contributed by atoms with Crippen molar-refractivity contribution in [2.45, 2.75) is 13.0 Å². The molecule has 1 N–H and O–H groups in total. The van der Waals surface area contributed by atoms with Crippen LogP contribution in [0.5, 0.6) is 0 Å². The molecule has 2 rings (SSSR count). The zero-order valence-electron chi connectivity index (χ0n) is 9.73. The summed E-state index contributed by atoms with van der Waals surface area (Å²) in [5, 5.41) is 3.36. The van der Waals surface area contributed by atoms with E-state index in [1.165, 1.54) is 0 Å². The van der Waals surface area contributed by atoms with Crippen molar-refractivity contribution >= 4 is 15.9 Å². The molecule has 0 atom stereocenters. The normalized spacial score (nSPS) is 10.7. The Balaban J connectivity index is 1.73. The van der Waals surface area contributed by atoms with E-state index in [1.54, 1.807) is 0 Å². The van der Waals surface area contributed by atoms with Crippen LogP contribution in [0.1, 0.15) is 11.5 Å². The highest BCUT2D eigenvalue weighted by Crippen LogP contribution is 2.07. The number of nitrogens with one attached hydrogen (secondary N) is 1. The van der Waals surface area contributed by atoms with Crippen LogP contribution in [0.4, 0.5) is 0 Å². The second kappa shape index (κ2) is 5.93. The Morgan fingerprint density at radius 1 is 1.35 bits per heavy atom. The van der Waals surface area contributed by atoms with Crippen LogP contribution < -0.4 is 5.32 Å². The van der Waals surface area contributed by atoms with Gasteiger partial charge in [-0.05, 0) is 28.1 Å². The third-order valence-electron chi connectivity index (χ3n) is 2.54. The van der Waals surface area contributed by atoms with Gasteiger partial charge < -0.3 is 9.88 Å². The van der Waals surface area contributed by atoms with Gasteiger partial charge >= 0.3 is 0 Å². The van der Waals surface area contributed by atoms with Crippen LogP contribution in [0, 0.1) is 0 Å². The van der Waals surface area contributed by atoms with E-state index in [9.17, 15) is 0 Å². The van der Waals surface area contributed by atoms with Crippen molar-refractivity contribution in [1.29, 1.82) is 0 Å². The molecule has 0 saturated carbocycles. The molecule has 0 aliphatic heterocycles. The minimum Gasteiger partial charge on any atom is -0.338 e. The molecule has 0 saturated heterocycles. The van der Waals surface area contributed by atoms with Gasteiger partial charge in [-0.15, -0.1) is 0 Å². The molecule has 2 heterocycles. The van der Waals surface area contributed by atoms with E-state index in [1.807, 2.05) is 42.3 Å². The van der Waals surface area contributed by atoms with E-state index < -0.39 is 0 Å². The van der Waals surface area contributed by atoms with Crippen molar-refractivity contribution in [1.82, 2.24) is 19.9 Å². The van der Waals surface area contributed by atoms with Crippen LogP contribution >= 0.6 is 15.9 Å². The van der Waals surface area contributed by atoms with E-state index in [0.717, 1.165) is 35.5 Å². The minimum absolute atomic E-state index is 0.789. The fourth-order valence-corrected chi connectivity index (χ4v) is 1.80. The largest absolute Gasteiger partial charge is 0.338 e. The molecule has 17 heavy (non-hydrogen) atoms. The highest BCUT2D eigenvalue weighted by Gasteiger charge is 1.99. The summed E-state index contributed by atoms with van der Waals surface area (Å²) in [6.07, 6.45) is 6.53. The summed E-state index contributed by atoms with van der Waals surface area (Å²) in [4.78, 5) is 8.57. The smallest absolute Gasteiger partial charge is 0.109 e. The summed E-state index contributed by atoms with van der Waals surface area (Å²) in [6.45, 7) is 1.69. The molecule has 0 aliphatic carbocycles. The monoisotopic (exact) mass is 294 g/mol. The van der Waals surface area contributed by atoms with Crippen LogP contribution in [0.3, 0.4) is 0 Å². The Bertz CT molecular complexity index is 464. The van der Waals surface area contributed by atoms with E-state index in [-0.39, 0.29) is 0 Å². The molecule has 0 aromatic carbocycles. The van der Waals surface area contributed by atoms with Gasteiger partial charge in [-0.25, -0.2) is 4.98 Å². The van der Waals surface area contributed by atoms with Gasteiger partial charge in [-0.3, -0.25) is 4.98 Å². The molecule has 5 heteroatoms. The third kappa shape index (κ3) is 3.64. The van der Waals surface area contributed by atoms with E-state index in [4.69, 9.17) is 0 Å². The molecule has 90 valence electrons. The first-order chi connectivity index (χ1) is 8.25. The van der Waals surface area contributed by atoms with E-state index in [0.29, 0.717) is 0 Å². The Morgan fingerprint density at radius 2 is 2.24 bits per heavy atom. The van der Waals surface area contributed by atoms with Crippen molar-refractivity contribution < 1.29 is 0 Å². The average Bonchev–Trinajstić information content (AvgIpc) is 2.73. The maximum Gasteiger partial charge on any atom is 0.109 e. The SMILES string of the molecule is Cn1ccnc1CCNCc1ccc(Br)cn1. The zero-order chi connectivity index (χ0) is 12.1. The molecule has 0 radical (unpaired) electrons. The van der Waals surface area contributed by atoms with Gasteiger partial charge in [0.25, 0.3) is 0 Å². The zero-order valence-corrected chi connectivity index (χ0v) is 11.3. The summed E-state index contributed by atoms with van der Waals surface area (Å²) in [5.74, 6) is 1.10. The summed E-state index contributed by atoms with van der Waals surface area (Å²) in [5.41, 5.74) is 1.05. The molecule has 4 nitrogen and oxygen atoms in total. The highest BCUT2D eigenvalue weighted by atomic mass is 79.9. The Hall–Kier alpha value is -1.20. The lowest BCUT2D eigenvalue weighted by molar-refractivity contribution is 0.646. The van der Waals surface area contributed by atoms with Gasteiger partial charge in [-0.1, -0.05) is 0 Å². The fourth-order valence-electron chi connectivity index (χ4n) is 1.57. The molecule has 0 unspecified atom stereocenters. The van der Waals surface area contributed by atoms with Crippen molar-refractivity contribution in [2.24, 2.45) is 7.05 Å². The third-order valence-corrected chi connectivity index (χ3v) is 3.01. The van der Waals surface area contributed by atoms with Gasteiger partial charge in [-0.2, -0.15) is 0 Å². The number of hydrogen-bond donors (Lipinski definition) is 1. The molecule has 0 fully saturated rings. The topological polar surface area (TPSA) is 42.7 Å². The van der Waals surface area contributed by atoms with Crippen molar-refractivity contribution in [3.63, 3.8) is 0 Å². The maximum atomic E-state index is 4.30. The quantitative estimate of drug-likeness (QED) is 0.857. The summed E-state index contributed by atoms with van der Waals surface area (Å²) in [7, 11) is 2.01. The molecule has 2 aromatic heterocycles. The minimum atomic E-state index is 0.789. The lowest BCUT2D eigenvalue weighted by atomic mass is 10.3. The summed E-state index contributed by atoms with van der Waals surface area (Å²) >= 11 is 3.37. The number of aryl methyl sites for hydroxylation is 1. The fraction of sp³-hybridized carbons (Fsp3) is 0.333. The van der Waals surface area contributed by atoms with E-state index >= 15 is 0 Å². The van der Waals surface area contributed by atoms with Crippen LogP contribution in [0.25, 0.3) is 0 Å². The number of halogens is 1. The number of nitrogens with zero attached hydrogens (tertiary/aromatic N) is 3. The van der Waals surface area contributed by atoms with Gasteiger partial charge in [0, 0.05) is 49.6 Å². The van der Waals surface area contributed by atoms with Crippen LogP contribution in [-0.4, -0.2) is 21.1 Å². The van der Waals surface area contributed by atoms with Crippen LogP contribution in [0.2, 0.25) is 0 Å².